The van der Waals surface area contributed by atoms with Gasteiger partial charge in [0.15, 0.2) is 0 Å². The number of amides is 1. The van der Waals surface area contributed by atoms with Gasteiger partial charge in [0.25, 0.3) is 0 Å². The van der Waals surface area contributed by atoms with E-state index in [4.69, 9.17) is 10.8 Å². The Morgan fingerprint density at radius 3 is 2.24 bits per heavy atom. The Morgan fingerprint density at radius 1 is 1.35 bits per heavy atom. The van der Waals surface area contributed by atoms with Gasteiger partial charge in [0.2, 0.25) is 5.91 Å². The Balaban J connectivity index is 2.97. The van der Waals surface area contributed by atoms with Crippen LogP contribution < -0.4 is 5.73 Å². The Morgan fingerprint density at radius 2 is 1.88 bits per heavy atom. The van der Waals surface area contributed by atoms with Crippen molar-refractivity contribution in [2.45, 2.75) is 23.5 Å². The normalized spacial score (nSPS) is 13.9. The minimum absolute atomic E-state index is 0.109. The molecule has 2 unspecified atom stereocenters. The number of hydrogen-bond acceptors (Lipinski definition) is 3. The van der Waals surface area contributed by atoms with Crippen LogP contribution in [0.3, 0.4) is 0 Å². The highest BCUT2D eigenvalue weighted by Crippen LogP contribution is 2.14. The van der Waals surface area contributed by atoms with Gasteiger partial charge >= 0.3 is 5.97 Å². The smallest absolute Gasteiger partial charge is 0.335 e. The lowest BCUT2D eigenvalue weighted by molar-refractivity contribution is -0.117. The van der Waals surface area contributed by atoms with E-state index < -0.39 is 27.9 Å². The molecule has 0 aliphatic carbocycles. The standard InChI is InChI=1S/C11H13NO4S/c1-2-9(10(12)13)17(16)8-5-3-7(4-6-8)11(14)15/h3-6,9H,2H2,1H3,(H2,12,13)(H,14,15). The largest absolute Gasteiger partial charge is 0.478 e. The molecule has 1 rings (SSSR count). The average molecular weight is 255 g/mol. The number of hydrogen-bond donors (Lipinski definition) is 2. The number of rotatable bonds is 5. The molecule has 6 heteroatoms. The Kier molecular flexibility index (Phi) is 4.39. The Hall–Kier alpha value is -1.69. The van der Waals surface area contributed by atoms with Gasteiger partial charge in [-0.15, -0.1) is 0 Å². The van der Waals surface area contributed by atoms with Crippen LogP contribution >= 0.6 is 0 Å². The van der Waals surface area contributed by atoms with Crippen LogP contribution in [0, 0.1) is 0 Å². The fraction of sp³-hybridized carbons (Fsp3) is 0.273. The lowest BCUT2D eigenvalue weighted by Crippen LogP contribution is -2.31. The highest BCUT2D eigenvalue weighted by atomic mass is 32.2. The summed E-state index contributed by atoms with van der Waals surface area (Å²) in [4.78, 5) is 22.1. The molecule has 0 fully saturated rings. The van der Waals surface area contributed by atoms with Crippen molar-refractivity contribution in [3.8, 4) is 0 Å². The van der Waals surface area contributed by atoms with Crippen LogP contribution in [0.1, 0.15) is 23.7 Å². The van der Waals surface area contributed by atoms with E-state index in [1.54, 1.807) is 6.92 Å². The first-order valence-corrected chi connectivity index (χ1v) is 6.22. The average Bonchev–Trinajstić information content (AvgIpc) is 2.29. The van der Waals surface area contributed by atoms with Gasteiger partial charge in [-0.3, -0.25) is 9.00 Å². The molecule has 1 aromatic carbocycles. The van der Waals surface area contributed by atoms with Gasteiger partial charge in [-0.05, 0) is 30.7 Å². The van der Waals surface area contributed by atoms with E-state index in [-0.39, 0.29) is 5.56 Å². The molecule has 5 nitrogen and oxygen atoms in total. The monoisotopic (exact) mass is 255 g/mol. The van der Waals surface area contributed by atoms with Gasteiger partial charge < -0.3 is 10.8 Å². The molecule has 17 heavy (non-hydrogen) atoms. The minimum atomic E-state index is -1.54. The zero-order valence-electron chi connectivity index (χ0n) is 9.25. The summed E-state index contributed by atoms with van der Waals surface area (Å²) in [6.07, 6.45) is 0.378. The summed E-state index contributed by atoms with van der Waals surface area (Å²) < 4.78 is 12.0. The van der Waals surface area contributed by atoms with Gasteiger partial charge in [0, 0.05) is 4.90 Å². The minimum Gasteiger partial charge on any atom is -0.478 e. The molecule has 3 N–H and O–H groups in total. The topological polar surface area (TPSA) is 97.5 Å². The summed E-state index contributed by atoms with van der Waals surface area (Å²) in [5, 5.41) is 7.96. The third kappa shape index (κ3) is 3.13. The summed E-state index contributed by atoms with van der Waals surface area (Å²) >= 11 is 0. The number of aromatic carboxylic acids is 1. The van der Waals surface area contributed by atoms with Crippen molar-refractivity contribution in [2.24, 2.45) is 5.73 Å². The molecule has 0 aromatic heterocycles. The second-order valence-corrected chi connectivity index (χ2v) is 5.06. The van der Waals surface area contributed by atoms with Gasteiger partial charge in [0.1, 0.15) is 5.25 Å². The Labute approximate surface area is 101 Å². The molecular weight excluding hydrogens is 242 g/mol. The second-order valence-electron chi connectivity index (χ2n) is 3.43. The molecular formula is C11H13NO4S. The second kappa shape index (κ2) is 5.58. The van der Waals surface area contributed by atoms with E-state index >= 15 is 0 Å². The van der Waals surface area contributed by atoms with E-state index in [1.807, 2.05) is 0 Å². The van der Waals surface area contributed by atoms with Crippen LogP contribution in [-0.4, -0.2) is 26.4 Å². The molecule has 0 saturated carbocycles. The van der Waals surface area contributed by atoms with Crippen LogP contribution in [-0.2, 0) is 15.6 Å². The van der Waals surface area contributed by atoms with E-state index in [1.165, 1.54) is 24.3 Å². The summed E-state index contributed by atoms with van der Waals surface area (Å²) in [6.45, 7) is 1.72. The first-order chi connectivity index (χ1) is 7.97. The first-order valence-electron chi connectivity index (χ1n) is 5.00. The number of carboxylic acid groups (broad SMARTS) is 1. The van der Waals surface area contributed by atoms with E-state index in [2.05, 4.69) is 0 Å². The van der Waals surface area contributed by atoms with E-state index in [9.17, 15) is 13.8 Å². The SMILES string of the molecule is CCC(C(N)=O)S(=O)c1ccc(C(=O)O)cc1. The fourth-order valence-corrected chi connectivity index (χ4v) is 2.60. The van der Waals surface area contributed by atoms with Crippen molar-refractivity contribution in [1.82, 2.24) is 0 Å². The van der Waals surface area contributed by atoms with Crippen molar-refractivity contribution in [3.05, 3.63) is 29.8 Å². The maximum absolute atomic E-state index is 12.0. The number of carbonyl (C=O) groups excluding carboxylic acids is 1. The van der Waals surface area contributed by atoms with Crippen LogP contribution in [0.15, 0.2) is 29.2 Å². The number of primary amides is 1. The number of carbonyl (C=O) groups is 2. The summed E-state index contributed by atoms with van der Waals surface area (Å²) in [5.41, 5.74) is 5.25. The molecule has 0 radical (unpaired) electrons. The molecule has 1 amide bonds. The lowest BCUT2D eigenvalue weighted by Gasteiger charge is -2.10. The maximum Gasteiger partial charge on any atom is 0.335 e. The van der Waals surface area contributed by atoms with Crippen molar-refractivity contribution in [1.29, 1.82) is 0 Å². The maximum atomic E-state index is 12.0. The Bertz CT molecular complexity index is 455. The molecule has 92 valence electrons. The van der Waals surface area contributed by atoms with Gasteiger partial charge in [-0.1, -0.05) is 6.92 Å². The number of benzene rings is 1. The molecule has 0 spiro atoms. The van der Waals surface area contributed by atoms with Crippen molar-refractivity contribution in [3.63, 3.8) is 0 Å². The molecule has 0 heterocycles. The summed E-state index contributed by atoms with van der Waals surface area (Å²) in [7, 11) is -1.54. The van der Waals surface area contributed by atoms with Crippen LogP contribution in [0.25, 0.3) is 0 Å². The molecule has 0 aliphatic rings. The number of carboxylic acids is 1. The molecule has 0 aliphatic heterocycles. The van der Waals surface area contributed by atoms with Crippen molar-refractivity contribution < 1.29 is 18.9 Å². The van der Waals surface area contributed by atoms with E-state index in [0.29, 0.717) is 11.3 Å². The third-order valence-electron chi connectivity index (χ3n) is 2.28. The zero-order chi connectivity index (χ0) is 13.0. The van der Waals surface area contributed by atoms with Crippen LogP contribution in [0.5, 0.6) is 0 Å². The first kappa shape index (κ1) is 13.4. The zero-order valence-corrected chi connectivity index (χ0v) is 10.1. The highest BCUT2D eigenvalue weighted by molar-refractivity contribution is 7.86. The third-order valence-corrected chi connectivity index (χ3v) is 4.10. The van der Waals surface area contributed by atoms with Gasteiger partial charge in [-0.25, -0.2) is 4.79 Å². The van der Waals surface area contributed by atoms with E-state index in [0.717, 1.165) is 0 Å². The van der Waals surface area contributed by atoms with Crippen molar-refractivity contribution >= 4 is 22.7 Å². The predicted molar refractivity (Wildman–Crippen MR) is 63.1 cm³/mol. The van der Waals surface area contributed by atoms with Crippen LogP contribution in [0.4, 0.5) is 0 Å². The number of nitrogens with two attached hydrogens (primary N) is 1. The molecule has 0 bridgehead atoms. The van der Waals surface area contributed by atoms with Crippen LogP contribution in [0.2, 0.25) is 0 Å². The van der Waals surface area contributed by atoms with Crippen molar-refractivity contribution in [2.75, 3.05) is 0 Å². The predicted octanol–water partition coefficient (Wildman–Crippen LogP) is 0.756. The van der Waals surface area contributed by atoms with Gasteiger partial charge in [-0.2, -0.15) is 0 Å². The lowest BCUT2D eigenvalue weighted by atomic mass is 10.2. The molecule has 2 atom stereocenters. The highest BCUT2D eigenvalue weighted by Gasteiger charge is 2.22. The molecule has 1 aromatic rings. The summed E-state index contributed by atoms with van der Waals surface area (Å²) in [5.74, 6) is -1.67. The quantitative estimate of drug-likeness (QED) is 0.811. The molecule has 0 saturated heterocycles. The summed E-state index contributed by atoms with van der Waals surface area (Å²) in [6, 6.07) is 5.57. The van der Waals surface area contributed by atoms with Gasteiger partial charge in [0.05, 0.1) is 16.4 Å². The fourth-order valence-electron chi connectivity index (χ4n) is 1.35.